The second-order valence-electron chi connectivity index (χ2n) is 7.56. The highest BCUT2D eigenvalue weighted by Gasteiger charge is 2.29. The quantitative estimate of drug-likeness (QED) is 0.409. The Hall–Kier alpha value is -2.41. The first-order valence-electron chi connectivity index (χ1n) is 9.79. The molecule has 154 valence electrons. The molecule has 0 saturated carbocycles. The number of benzene rings is 2. The smallest absolute Gasteiger partial charge is 0.390 e. The molecule has 29 heavy (non-hydrogen) atoms. The van der Waals surface area contributed by atoms with Gasteiger partial charge in [0, 0.05) is 17.3 Å². The van der Waals surface area contributed by atoms with E-state index in [-0.39, 0.29) is 18.0 Å². The Morgan fingerprint density at radius 3 is 2.38 bits per heavy atom. The monoisotopic (exact) mass is 406 g/mol. The summed E-state index contributed by atoms with van der Waals surface area (Å²) in [5, 5.41) is 2.45. The maximum atomic E-state index is 14.3. The molecular formula is C22H22F4N2O. The van der Waals surface area contributed by atoms with Crippen LogP contribution < -0.4 is 4.74 Å². The van der Waals surface area contributed by atoms with E-state index < -0.39 is 18.4 Å². The van der Waals surface area contributed by atoms with Gasteiger partial charge in [0.15, 0.2) is 0 Å². The molecule has 0 N–H and O–H groups in total. The first-order chi connectivity index (χ1) is 13.9. The van der Waals surface area contributed by atoms with Crippen LogP contribution in [0.2, 0.25) is 0 Å². The van der Waals surface area contributed by atoms with Gasteiger partial charge in [-0.3, -0.25) is 0 Å². The molecule has 2 aromatic carbocycles. The van der Waals surface area contributed by atoms with E-state index in [2.05, 4.69) is 4.98 Å². The molecule has 2 heterocycles. The van der Waals surface area contributed by atoms with Crippen LogP contribution in [0.5, 0.6) is 5.88 Å². The second kappa shape index (κ2) is 8.14. The lowest BCUT2D eigenvalue weighted by Crippen LogP contribution is -2.37. The van der Waals surface area contributed by atoms with E-state index in [1.54, 1.807) is 6.07 Å². The summed E-state index contributed by atoms with van der Waals surface area (Å²) >= 11 is 0. The van der Waals surface area contributed by atoms with Crippen molar-refractivity contribution in [1.29, 1.82) is 0 Å². The average molecular weight is 406 g/mol. The topological polar surface area (TPSA) is 25.4 Å². The van der Waals surface area contributed by atoms with Crippen LogP contribution in [0.15, 0.2) is 42.5 Å². The highest BCUT2D eigenvalue weighted by Crippen LogP contribution is 2.32. The minimum Gasteiger partial charge on any atom is -0.477 e. The number of alkyl halides is 3. The fourth-order valence-electron chi connectivity index (χ4n) is 3.88. The van der Waals surface area contributed by atoms with Crippen LogP contribution in [-0.4, -0.2) is 42.3 Å². The normalized spacial score (nSPS) is 16.6. The number of para-hydroxylation sites is 1. The van der Waals surface area contributed by atoms with Crippen molar-refractivity contribution in [1.82, 2.24) is 9.88 Å². The van der Waals surface area contributed by atoms with E-state index in [1.807, 2.05) is 35.2 Å². The molecule has 0 atom stereocenters. The fraction of sp³-hybridized carbons (Fsp3) is 0.409. The van der Waals surface area contributed by atoms with Crippen molar-refractivity contribution >= 4 is 21.7 Å². The standard InChI is InChI=1S/C22H22F4N2O/c23-19-7-3-6-17-16-4-1-2-5-18(16)21(27-20(17)19)29-14-15-8-11-28(12-9-15)13-10-22(24,25)26/h1-7,15H,8-14H2. The number of halogens is 4. The minimum atomic E-state index is -4.11. The van der Waals surface area contributed by atoms with Gasteiger partial charge < -0.3 is 9.64 Å². The van der Waals surface area contributed by atoms with E-state index in [9.17, 15) is 17.6 Å². The molecule has 1 aliphatic heterocycles. The predicted octanol–water partition coefficient (Wildman–Crippen LogP) is 5.57. The van der Waals surface area contributed by atoms with Crippen LogP contribution >= 0.6 is 0 Å². The highest BCUT2D eigenvalue weighted by atomic mass is 19.4. The Balaban J connectivity index is 1.44. The summed E-state index contributed by atoms with van der Waals surface area (Å²) in [7, 11) is 0. The fourth-order valence-corrected chi connectivity index (χ4v) is 3.88. The summed E-state index contributed by atoms with van der Waals surface area (Å²) in [5.74, 6) is 0.253. The molecule has 0 amide bonds. The number of hydrogen-bond acceptors (Lipinski definition) is 3. The van der Waals surface area contributed by atoms with Crippen molar-refractivity contribution in [2.75, 3.05) is 26.2 Å². The van der Waals surface area contributed by atoms with E-state index in [0.29, 0.717) is 25.6 Å². The largest absolute Gasteiger partial charge is 0.477 e. The number of ether oxygens (including phenoxy) is 1. The molecule has 0 aliphatic carbocycles. The van der Waals surface area contributed by atoms with Crippen molar-refractivity contribution in [3.8, 4) is 5.88 Å². The first kappa shape index (κ1) is 19.9. The zero-order valence-corrected chi connectivity index (χ0v) is 15.9. The van der Waals surface area contributed by atoms with E-state index in [4.69, 9.17) is 4.74 Å². The SMILES string of the molecule is Fc1cccc2c1nc(OCC1CCN(CCC(F)(F)F)CC1)c1ccccc12. The van der Waals surface area contributed by atoms with Gasteiger partial charge in [-0.15, -0.1) is 0 Å². The van der Waals surface area contributed by atoms with Crippen LogP contribution in [0.3, 0.4) is 0 Å². The number of nitrogens with zero attached hydrogens (tertiary/aromatic N) is 2. The average Bonchev–Trinajstić information content (AvgIpc) is 2.71. The van der Waals surface area contributed by atoms with Crippen molar-refractivity contribution in [3.63, 3.8) is 0 Å². The second-order valence-corrected chi connectivity index (χ2v) is 7.56. The molecule has 3 aromatic rings. The summed E-state index contributed by atoms with van der Waals surface area (Å²) < 4.78 is 57.4. The van der Waals surface area contributed by atoms with Gasteiger partial charge in [-0.25, -0.2) is 9.37 Å². The van der Waals surface area contributed by atoms with Crippen LogP contribution in [0.4, 0.5) is 17.6 Å². The number of fused-ring (bicyclic) bond motifs is 3. The number of likely N-dealkylation sites (tertiary alicyclic amines) is 1. The van der Waals surface area contributed by atoms with Crippen LogP contribution in [-0.2, 0) is 0 Å². The lowest BCUT2D eigenvalue weighted by Gasteiger charge is -2.32. The summed E-state index contributed by atoms with van der Waals surface area (Å²) in [4.78, 5) is 6.28. The zero-order chi connectivity index (χ0) is 20.4. The van der Waals surface area contributed by atoms with E-state index in [1.165, 1.54) is 6.07 Å². The van der Waals surface area contributed by atoms with Crippen molar-refractivity contribution in [3.05, 3.63) is 48.3 Å². The van der Waals surface area contributed by atoms with Gasteiger partial charge in [-0.2, -0.15) is 13.2 Å². The molecular weight excluding hydrogens is 384 g/mol. The zero-order valence-electron chi connectivity index (χ0n) is 15.9. The Bertz CT molecular complexity index is 997. The molecule has 3 nitrogen and oxygen atoms in total. The van der Waals surface area contributed by atoms with Crippen LogP contribution in [0, 0.1) is 11.7 Å². The maximum absolute atomic E-state index is 14.3. The molecule has 1 aliphatic rings. The molecule has 1 fully saturated rings. The maximum Gasteiger partial charge on any atom is 0.390 e. The van der Waals surface area contributed by atoms with Crippen molar-refractivity contribution < 1.29 is 22.3 Å². The Kier molecular flexibility index (Phi) is 5.58. The highest BCUT2D eigenvalue weighted by molar-refractivity contribution is 6.07. The third-order valence-corrected chi connectivity index (χ3v) is 5.52. The van der Waals surface area contributed by atoms with Gasteiger partial charge in [0.05, 0.1) is 13.0 Å². The molecule has 0 unspecified atom stereocenters. The Labute approximate surface area is 166 Å². The molecule has 0 radical (unpaired) electrons. The summed E-state index contributed by atoms with van der Waals surface area (Å²) in [6.07, 6.45) is -3.33. The number of aromatic nitrogens is 1. The molecule has 1 saturated heterocycles. The van der Waals surface area contributed by atoms with Crippen molar-refractivity contribution in [2.45, 2.75) is 25.4 Å². The van der Waals surface area contributed by atoms with E-state index >= 15 is 0 Å². The van der Waals surface area contributed by atoms with E-state index in [0.717, 1.165) is 29.0 Å². The number of pyridine rings is 1. The molecule has 4 rings (SSSR count). The lowest BCUT2D eigenvalue weighted by molar-refractivity contribution is -0.138. The first-order valence-corrected chi connectivity index (χ1v) is 9.79. The van der Waals surface area contributed by atoms with Gasteiger partial charge >= 0.3 is 6.18 Å². The minimum absolute atomic E-state index is 0.0488. The number of hydrogen-bond donors (Lipinski definition) is 0. The number of piperidine rings is 1. The number of rotatable bonds is 5. The summed E-state index contributed by atoms with van der Waals surface area (Å²) in [5.41, 5.74) is 0.281. The van der Waals surface area contributed by atoms with Crippen LogP contribution in [0.25, 0.3) is 21.7 Å². The summed E-state index contributed by atoms with van der Waals surface area (Å²) in [6, 6.07) is 12.5. The molecule has 0 bridgehead atoms. The van der Waals surface area contributed by atoms with Gasteiger partial charge in [0.1, 0.15) is 11.3 Å². The van der Waals surface area contributed by atoms with Gasteiger partial charge in [0.25, 0.3) is 0 Å². The molecule has 7 heteroatoms. The molecule has 0 spiro atoms. The van der Waals surface area contributed by atoms with Crippen LogP contribution in [0.1, 0.15) is 19.3 Å². The lowest BCUT2D eigenvalue weighted by atomic mass is 9.97. The Morgan fingerprint density at radius 1 is 0.966 bits per heavy atom. The third-order valence-electron chi connectivity index (χ3n) is 5.52. The van der Waals surface area contributed by atoms with Gasteiger partial charge in [0.2, 0.25) is 5.88 Å². The summed E-state index contributed by atoms with van der Waals surface area (Å²) in [6.45, 7) is 1.73. The Morgan fingerprint density at radius 2 is 1.66 bits per heavy atom. The molecule has 1 aromatic heterocycles. The predicted molar refractivity (Wildman–Crippen MR) is 105 cm³/mol. The van der Waals surface area contributed by atoms with Gasteiger partial charge in [-0.05, 0) is 49.4 Å². The third kappa shape index (κ3) is 4.61. The van der Waals surface area contributed by atoms with Crippen molar-refractivity contribution in [2.24, 2.45) is 5.92 Å². The van der Waals surface area contributed by atoms with Gasteiger partial charge in [-0.1, -0.05) is 30.3 Å².